The van der Waals surface area contributed by atoms with Crippen molar-refractivity contribution in [3.05, 3.63) is 23.8 Å². The molecule has 6 nitrogen and oxygen atoms in total. The number of nitrogens with one attached hydrogen (secondary N) is 1. The van der Waals surface area contributed by atoms with Gasteiger partial charge in [0.1, 0.15) is 13.2 Å². The van der Waals surface area contributed by atoms with Crippen molar-refractivity contribution >= 4 is 10.2 Å². The van der Waals surface area contributed by atoms with E-state index in [4.69, 9.17) is 9.47 Å². The maximum atomic E-state index is 12.2. The van der Waals surface area contributed by atoms with Crippen molar-refractivity contribution < 1.29 is 17.9 Å². The van der Waals surface area contributed by atoms with Crippen LogP contribution < -0.4 is 14.2 Å². The topological polar surface area (TPSA) is 67.9 Å². The number of rotatable bonds is 5. The van der Waals surface area contributed by atoms with Crippen LogP contribution in [0, 0.1) is 0 Å². The Labute approximate surface area is 126 Å². The molecule has 0 aliphatic carbocycles. The highest BCUT2D eigenvalue weighted by molar-refractivity contribution is 7.87. The van der Waals surface area contributed by atoms with Crippen molar-refractivity contribution in [3.63, 3.8) is 0 Å². The highest BCUT2D eigenvalue weighted by Crippen LogP contribution is 2.32. The molecule has 1 heterocycles. The van der Waals surface area contributed by atoms with Crippen LogP contribution in [0.4, 0.5) is 0 Å². The lowest BCUT2D eigenvalue weighted by Crippen LogP contribution is -2.42. The molecular weight excluding hydrogens is 292 g/mol. The largest absolute Gasteiger partial charge is 0.486 e. The molecule has 2 rings (SSSR count). The summed E-state index contributed by atoms with van der Waals surface area (Å²) in [6.45, 7) is 6.50. The third-order valence-corrected chi connectivity index (χ3v) is 5.33. The van der Waals surface area contributed by atoms with Crippen LogP contribution in [-0.4, -0.2) is 39.0 Å². The fraction of sp³-hybridized carbons (Fsp3) is 0.571. The van der Waals surface area contributed by atoms with Gasteiger partial charge in [0.2, 0.25) is 0 Å². The van der Waals surface area contributed by atoms with Crippen molar-refractivity contribution in [3.8, 4) is 11.5 Å². The molecular formula is C14H22N2O4S. The molecule has 1 aliphatic heterocycles. The predicted octanol–water partition coefficient (Wildman–Crippen LogP) is 1.69. The van der Waals surface area contributed by atoms with Crippen LogP contribution in [0.25, 0.3) is 0 Å². The Morgan fingerprint density at radius 3 is 2.38 bits per heavy atom. The van der Waals surface area contributed by atoms with E-state index in [0.717, 1.165) is 5.56 Å². The zero-order chi connectivity index (χ0) is 15.6. The van der Waals surface area contributed by atoms with E-state index in [0.29, 0.717) is 24.7 Å². The molecule has 0 bridgehead atoms. The maximum Gasteiger partial charge on any atom is 0.279 e. The Bertz CT molecular complexity index is 601. The molecule has 0 spiro atoms. The van der Waals surface area contributed by atoms with Crippen molar-refractivity contribution in [2.75, 3.05) is 20.3 Å². The number of nitrogens with zero attached hydrogens (tertiary/aromatic N) is 1. The van der Waals surface area contributed by atoms with Crippen LogP contribution in [0.5, 0.6) is 11.5 Å². The lowest BCUT2D eigenvalue weighted by atomic mass is 10.1. The quantitative estimate of drug-likeness (QED) is 0.898. The van der Waals surface area contributed by atoms with E-state index in [-0.39, 0.29) is 12.1 Å². The van der Waals surface area contributed by atoms with Gasteiger partial charge in [-0.25, -0.2) is 0 Å². The summed E-state index contributed by atoms with van der Waals surface area (Å²) >= 11 is 0. The monoisotopic (exact) mass is 314 g/mol. The molecule has 0 saturated heterocycles. The zero-order valence-electron chi connectivity index (χ0n) is 12.8. The molecule has 0 saturated carbocycles. The predicted molar refractivity (Wildman–Crippen MR) is 80.8 cm³/mol. The van der Waals surface area contributed by atoms with Crippen molar-refractivity contribution in [2.45, 2.75) is 32.9 Å². The van der Waals surface area contributed by atoms with Crippen LogP contribution in [0.3, 0.4) is 0 Å². The van der Waals surface area contributed by atoms with Crippen LogP contribution in [0.2, 0.25) is 0 Å². The first-order chi connectivity index (χ1) is 9.81. The minimum atomic E-state index is -3.52. The molecule has 1 N–H and O–H groups in total. The van der Waals surface area contributed by atoms with Crippen LogP contribution in [0.1, 0.15) is 32.4 Å². The van der Waals surface area contributed by atoms with Gasteiger partial charge in [-0.05, 0) is 38.5 Å². The summed E-state index contributed by atoms with van der Waals surface area (Å²) in [7, 11) is -1.96. The second-order valence-corrected chi connectivity index (χ2v) is 7.12. The summed E-state index contributed by atoms with van der Waals surface area (Å²) < 4.78 is 39.4. The molecule has 0 amide bonds. The van der Waals surface area contributed by atoms with Crippen LogP contribution in [0.15, 0.2) is 18.2 Å². The Balaban J connectivity index is 2.15. The summed E-state index contributed by atoms with van der Waals surface area (Å²) in [5.74, 6) is 1.35. The molecule has 7 heteroatoms. The van der Waals surface area contributed by atoms with E-state index >= 15 is 0 Å². The summed E-state index contributed by atoms with van der Waals surface area (Å²) in [5.41, 5.74) is 0.833. The summed E-state index contributed by atoms with van der Waals surface area (Å²) in [6, 6.07) is 5.01. The first-order valence-corrected chi connectivity index (χ1v) is 8.40. The van der Waals surface area contributed by atoms with Crippen molar-refractivity contribution in [1.82, 2.24) is 9.03 Å². The Kier molecular flexibility index (Phi) is 4.75. The lowest BCUT2D eigenvalue weighted by molar-refractivity contribution is 0.171. The SMILES string of the molecule is CC(C)N(C)S(=O)(=O)N[C@@H](C)c1ccc2c(c1)OCCO2. The van der Waals surface area contributed by atoms with E-state index in [1.807, 2.05) is 26.0 Å². The van der Waals surface area contributed by atoms with Gasteiger partial charge in [-0.2, -0.15) is 17.4 Å². The molecule has 118 valence electrons. The number of benzene rings is 1. The Morgan fingerprint density at radius 1 is 1.14 bits per heavy atom. The molecule has 1 aliphatic rings. The lowest BCUT2D eigenvalue weighted by Gasteiger charge is -2.25. The minimum Gasteiger partial charge on any atom is -0.486 e. The number of fused-ring (bicyclic) bond motifs is 1. The smallest absolute Gasteiger partial charge is 0.279 e. The van der Waals surface area contributed by atoms with Crippen LogP contribution in [-0.2, 0) is 10.2 Å². The number of ether oxygens (including phenoxy) is 2. The molecule has 0 aromatic heterocycles. The number of hydrogen-bond donors (Lipinski definition) is 1. The standard InChI is InChI=1S/C14H22N2O4S/c1-10(2)16(4)21(17,18)15-11(3)12-5-6-13-14(9-12)20-8-7-19-13/h5-6,9-11,15H,7-8H2,1-4H3/t11-/m0/s1. The number of hydrogen-bond acceptors (Lipinski definition) is 4. The fourth-order valence-corrected chi connectivity index (χ4v) is 3.29. The minimum absolute atomic E-state index is 0.102. The maximum absolute atomic E-state index is 12.2. The molecule has 0 fully saturated rings. The first-order valence-electron chi connectivity index (χ1n) is 6.96. The van der Waals surface area contributed by atoms with E-state index in [2.05, 4.69) is 4.72 Å². The third kappa shape index (κ3) is 3.66. The van der Waals surface area contributed by atoms with Gasteiger partial charge in [0.25, 0.3) is 10.2 Å². The Hall–Kier alpha value is -1.31. The second kappa shape index (κ2) is 6.21. The van der Waals surface area contributed by atoms with E-state index in [1.54, 1.807) is 20.0 Å². The average molecular weight is 314 g/mol. The molecule has 1 aromatic carbocycles. The van der Waals surface area contributed by atoms with Gasteiger partial charge < -0.3 is 9.47 Å². The van der Waals surface area contributed by atoms with Gasteiger partial charge in [0, 0.05) is 19.1 Å². The average Bonchev–Trinajstić information content (AvgIpc) is 2.45. The Morgan fingerprint density at radius 2 is 1.76 bits per heavy atom. The highest BCUT2D eigenvalue weighted by Gasteiger charge is 2.24. The van der Waals surface area contributed by atoms with Gasteiger partial charge in [-0.3, -0.25) is 0 Å². The fourth-order valence-electron chi connectivity index (χ4n) is 1.98. The molecule has 1 aromatic rings. The van der Waals surface area contributed by atoms with E-state index in [9.17, 15) is 8.42 Å². The molecule has 21 heavy (non-hydrogen) atoms. The van der Waals surface area contributed by atoms with E-state index in [1.165, 1.54) is 4.31 Å². The molecule has 0 radical (unpaired) electrons. The highest BCUT2D eigenvalue weighted by atomic mass is 32.2. The van der Waals surface area contributed by atoms with Gasteiger partial charge in [-0.1, -0.05) is 6.07 Å². The second-order valence-electron chi connectivity index (χ2n) is 5.36. The van der Waals surface area contributed by atoms with Gasteiger partial charge in [-0.15, -0.1) is 0 Å². The summed E-state index contributed by atoms with van der Waals surface area (Å²) in [5, 5.41) is 0. The summed E-state index contributed by atoms with van der Waals surface area (Å²) in [6.07, 6.45) is 0. The van der Waals surface area contributed by atoms with Gasteiger partial charge >= 0.3 is 0 Å². The molecule has 0 unspecified atom stereocenters. The summed E-state index contributed by atoms with van der Waals surface area (Å²) in [4.78, 5) is 0. The normalized spacial score (nSPS) is 16.3. The molecule has 1 atom stereocenters. The van der Waals surface area contributed by atoms with Gasteiger partial charge in [0.05, 0.1) is 0 Å². The third-order valence-electron chi connectivity index (χ3n) is 3.50. The van der Waals surface area contributed by atoms with Crippen molar-refractivity contribution in [2.24, 2.45) is 0 Å². The zero-order valence-corrected chi connectivity index (χ0v) is 13.6. The van der Waals surface area contributed by atoms with E-state index < -0.39 is 10.2 Å². The van der Waals surface area contributed by atoms with Crippen LogP contribution >= 0.6 is 0 Å². The first kappa shape index (κ1) is 16.1. The van der Waals surface area contributed by atoms with Gasteiger partial charge in [0.15, 0.2) is 11.5 Å². The van der Waals surface area contributed by atoms with Crippen molar-refractivity contribution in [1.29, 1.82) is 0 Å².